The number of nitrogens with zero attached hydrogens (tertiary/aromatic N) is 1. The van der Waals surface area contributed by atoms with Gasteiger partial charge < -0.3 is 0 Å². The molecule has 0 N–H and O–H groups in total. The lowest BCUT2D eigenvalue weighted by molar-refractivity contribution is -0.192. The summed E-state index contributed by atoms with van der Waals surface area (Å²) < 4.78 is 0. The maximum atomic E-state index is 6.31. The molecule has 1 saturated heterocycles. The van der Waals surface area contributed by atoms with Crippen LogP contribution in [0.15, 0.2) is 0 Å². The van der Waals surface area contributed by atoms with E-state index in [0.29, 0.717) is 6.04 Å². The van der Waals surface area contributed by atoms with Crippen LogP contribution in [0.4, 0.5) is 0 Å². The van der Waals surface area contributed by atoms with Crippen molar-refractivity contribution >= 4 is 0 Å². The fraction of sp³-hybridized carbons (Fsp3) is 1.00. The molecule has 2 saturated carbocycles. The van der Waals surface area contributed by atoms with Crippen LogP contribution in [0.2, 0.25) is 0 Å². The molecule has 1 aliphatic heterocycles. The van der Waals surface area contributed by atoms with E-state index >= 15 is 0 Å². The van der Waals surface area contributed by atoms with E-state index in [1.54, 1.807) is 0 Å². The molecular weight excluding hydrogens is 198 g/mol. The summed E-state index contributed by atoms with van der Waals surface area (Å²) in [4.78, 5) is 6.31. The molecule has 0 radical (unpaired) electrons. The van der Waals surface area contributed by atoms with Crippen LogP contribution >= 0.6 is 0 Å². The molecule has 0 amide bonds. The summed E-state index contributed by atoms with van der Waals surface area (Å²) in [5.74, 6) is 2.50. The van der Waals surface area contributed by atoms with E-state index in [1.807, 2.05) is 0 Å². The Kier molecular flexibility index (Phi) is 2.56. The maximum Gasteiger partial charge on any atom is 0.0943 e. The lowest BCUT2D eigenvalue weighted by Crippen LogP contribution is -2.43. The highest BCUT2D eigenvalue weighted by atomic mass is 16.7. The van der Waals surface area contributed by atoms with Crippen molar-refractivity contribution in [1.29, 1.82) is 0 Å². The SMILES string of the molecule is CC1CC(C)C2C(C1)C1(CCCC1)ON2C. The van der Waals surface area contributed by atoms with Gasteiger partial charge in [-0.1, -0.05) is 26.7 Å². The quantitative estimate of drug-likeness (QED) is 0.625. The van der Waals surface area contributed by atoms with E-state index in [2.05, 4.69) is 26.0 Å². The van der Waals surface area contributed by atoms with E-state index < -0.39 is 0 Å². The average Bonchev–Trinajstić information content (AvgIpc) is 2.75. The van der Waals surface area contributed by atoms with Crippen LogP contribution in [0, 0.1) is 17.8 Å². The van der Waals surface area contributed by atoms with Crippen LogP contribution < -0.4 is 0 Å². The Morgan fingerprint density at radius 3 is 2.50 bits per heavy atom. The van der Waals surface area contributed by atoms with Crippen molar-refractivity contribution in [2.45, 2.75) is 64.0 Å². The number of fused-ring (bicyclic) bond motifs is 2. The first-order chi connectivity index (χ1) is 7.62. The van der Waals surface area contributed by atoms with Crippen molar-refractivity contribution in [3.8, 4) is 0 Å². The van der Waals surface area contributed by atoms with Gasteiger partial charge in [0.25, 0.3) is 0 Å². The Balaban J connectivity index is 1.89. The molecule has 0 aromatic rings. The third-order valence-electron chi connectivity index (χ3n) is 5.30. The highest BCUT2D eigenvalue weighted by Gasteiger charge is 2.57. The average molecular weight is 223 g/mol. The molecule has 1 spiro atoms. The Bertz CT molecular complexity index is 272. The van der Waals surface area contributed by atoms with E-state index in [9.17, 15) is 0 Å². The number of hydroxylamine groups is 2. The van der Waals surface area contributed by atoms with Crippen molar-refractivity contribution in [3.63, 3.8) is 0 Å². The van der Waals surface area contributed by atoms with Crippen molar-refractivity contribution < 1.29 is 4.84 Å². The standard InChI is InChI=1S/C14H25NO/c1-10-8-11(2)13-12(9-10)14(16-15(13)3)6-4-5-7-14/h10-13H,4-9H2,1-3H3. The zero-order valence-electron chi connectivity index (χ0n) is 10.9. The molecule has 3 rings (SSSR count). The summed E-state index contributed by atoms with van der Waals surface area (Å²) in [5, 5.41) is 2.21. The van der Waals surface area contributed by atoms with Crippen molar-refractivity contribution in [1.82, 2.24) is 5.06 Å². The molecule has 4 unspecified atom stereocenters. The predicted molar refractivity (Wildman–Crippen MR) is 64.9 cm³/mol. The van der Waals surface area contributed by atoms with Gasteiger partial charge >= 0.3 is 0 Å². The van der Waals surface area contributed by atoms with Gasteiger partial charge in [0.05, 0.1) is 5.60 Å². The molecule has 92 valence electrons. The van der Waals surface area contributed by atoms with Gasteiger partial charge in [-0.2, -0.15) is 5.06 Å². The minimum atomic E-state index is 0.238. The summed E-state index contributed by atoms with van der Waals surface area (Å²) in [6.07, 6.45) is 8.12. The Labute approximate surface area is 99.3 Å². The Morgan fingerprint density at radius 2 is 1.81 bits per heavy atom. The number of hydrogen-bond acceptors (Lipinski definition) is 2. The fourth-order valence-corrected chi connectivity index (χ4v) is 4.83. The fourth-order valence-electron chi connectivity index (χ4n) is 4.83. The van der Waals surface area contributed by atoms with Crippen molar-refractivity contribution in [2.24, 2.45) is 17.8 Å². The van der Waals surface area contributed by atoms with Gasteiger partial charge in [-0.15, -0.1) is 0 Å². The molecule has 2 aliphatic carbocycles. The second-order valence-electron chi connectivity index (χ2n) is 6.56. The zero-order chi connectivity index (χ0) is 11.3. The topological polar surface area (TPSA) is 12.5 Å². The van der Waals surface area contributed by atoms with Crippen molar-refractivity contribution in [2.75, 3.05) is 7.05 Å². The van der Waals surface area contributed by atoms with Gasteiger partial charge in [-0.25, -0.2) is 0 Å². The minimum absolute atomic E-state index is 0.238. The van der Waals surface area contributed by atoms with Crippen LogP contribution in [-0.2, 0) is 4.84 Å². The van der Waals surface area contributed by atoms with Gasteiger partial charge in [-0.3, -0.25) is 4.84 Å². The third-order valence-corrected chi connectivity index (χ3v) is 5.30. The van der Waals surface area contributed by atoms with Crippen LogP contribution in [0.5, 0.6) is 0 Å². The first-order valence-electron chi connectivity index (χ1n) is 7.04. The predicted octanol–water partition coefficient (Wildman–Crippen LogP) is 3.23. The minimum Gasteiger partial charge on any atom is -0.292 e. The molecule has 4 atom stereocenters. The van der Waals surface area contributed by atoms with E-state index in [-0.39, 0.29) is 5.60 Å². The van der Waals surface area contributed by atoms with E-state index in [0.717, 1.165) is 17.8 Å². The summed E-state index contributed by atoms with van der Waals surface area (Å²) in [6, 6.07) is 0.689. The second-order valence-corrected chi connectivity index (χ2v) is 6.56. The van der Waals surface area contributed by atoms with Crippen LogP contribution in [0.25, 0.3) is 0 Å². The molecule has 0 aromatic heterocycles. The van der Waals surface area contributed by atoms with Crippen molar-refractivity contribution in [3.05, 3.63) is 0 Å². The van der Waals surface area contributed by atoms with Gasteiger partial charge in [0.1, 0.15) is 0 Å². The van der Waals surface area contributed by atoms with Gasteiger partial charge in [0, 0.05) is 19.0 Å². The maximum absolute atomic E-state index is 6.31. The zero-order valence-corrected chi connectivity index (χ0v) is 10.9. The molecule has 0 aromatic carbocycles. The number of hydrogen-bond donors (Lipinski definition) is 0. The molecule has 16 heavy (non-hydrogen) atoms. The van der Waals surface area contributed by atoms with Crippen LogP contribution in [0.3, 0.4) is 0 Å². The summed E-state index contributed by atoms with van der Waals surface area (Å²) in [5.41, 5.74) is 0.238. The highest BCUT2D eigenvalue weighted by molar-refractivity contribution is 5.04. The summed E-state index contributed by atoms with van der Waals surface area (Å²) in [7, 11) is 2.16. The highest BCUT2D eigenvalue weighted by Crippen LogP contribution is 2.54. The Hall–Kier alpha value is -0.0800. The first-order valence-corrected chi connectivity index (χ1v) is 7.04. The lowest BCUT2D eigenvalue weighted by Gasteiger charge is -2.39. The summed E-state index contributed by atoms with van der Waals surface area (Å²) in [6.45, 7) is 4.84. The largest absolute Gasteiger partial charge is 0.292 e. The monoisotopic (exact) mass is 223 g/mol. The molecule has 2 heteroatoms. The van der Waals surface area contributed by atoms with Gasteiger partial charge in [0.15, 0.2) is 0 Å². The third kappa shape index (κ3) is 1.46. The smallest absolute Gasteiger partial charge is 0.0943 e. The number of rotatable bonds is 0. The molecule has 3 aliphatic rings. The lowest BCUT2D eigenvalue weighted by atomic mass is 9.66. The molecule has 3 fully saturated rings. The second kappa shape index (κ2) is 3.71. The summed E-state index contributed by atoms with van der Waals surface area (Å²) >= 11 is 0. The van der Waals surface area contributed by atoms with Crippen LogP contribution in [-0.4, -0.2) is 23.8 Å². The van der Waals surface area contributed by atoms with E-state index in [1.165, 1.54) is 38.5 Å². The van der Waals surface area contributed by atoms with Gasteiger partial charge in [0.2, 0.25) is 0 Å². The first kappa shape index (κ1) is 11.0. The molecule has 1 heterocycles. The molecule has 2 nitrogen and oxygen atoms in total. The normalized spacial score (nSPS) is 47.4. The van der Waals surface area contributed by atoms with E-state index in [4.69, 9.17) is 4.84 Å². The molecular formula is C14H25NO. The Morgan fingerprint density at radius 1 is 1.12 bits per heavy atom. The van der Waals surface area contributed by atoms with Gasteiger partial charge in [-0.05, 0) is 37.5 Å². The van der Waals surface area contributed by atoms with Crippen LogP contribution in [0.1, 0.15) is 52.4 Å². The molecule has 0 bridgehead atoms.